The van der Waals surface area contributed by atoms with Gasteiger partial charge in [-0.05, 0) is 55.7 Å². The van der Waals surface area contributed by atoms with Gasteiger partial charge in [0.1, 0.15) is 5.60 Å². The molecule has 4 rings (SSSR count). The largest absolute Gasteiger partial charge is 0.378 e. The number of thiazole rings is 1. The molecule has 4 nitrogen and oxygen atoms in total. The summed E-state index contributed by atoms with van der Waals surface area (Å²) in [5, 5.41) is 16.1. The van der Waals surface area contributed by atoms with Gasteiger partial charge >= 0.3 is 0 Å². The van der Waals surface area contributed by atoms with Crippen molar-refractivity contribution in [1.82, 2.24) is 4.98 Å². The summed E-state index contributed by atoms with van der Waals surface area (Å²) in [6.45, 7) is 0. The van der Waals surface area contributed by atoms with Gasteiger partial charge in [0.05, 0.1) is 5.92 Å². The van der Waals surface area contributed by atoms with Crippen LogP contribution in [0.3, 0.4) is 0 Å². The number of aliphatic hydroxyl groups is 1. The van der Waals surface area contributed by atoms with E-state index in [4.69, 9.17) is 0 Å². The van der Waals surface area contributed by atoms with Gasteiger partial charge in [0.25, 0.3) is 0 Å². The topological polar surface area (TPSA) is 62.2 Å². The number of benzene rings is 1. The van der Waals surface area contributed by atoms with Gasteiger partial charge in [-0.25, -0.2) is 4.98 Å². The first-order valence-electron chi connectivity index (χ1n) is 11.2. The van der Waals surface area contributed by atoms with Crippen molar-refractivity contribution in [3.8, 4) is 11.8 Å². The Labute approximate surface area is 183 Å². The second kappa shape index (κ2) is 9.76. The second-order valence-corrected chi connectivity index (χ2v) is 9.62. The smallest absolute Gasteiger partial charge is 0.233 e. The second-order valence-electron chi connectivity index (χ2n) is 8.73. The van der Waals surface area contributed by atoms with E-state index in [1.165, 1.54) is 43.4 Å². The van der Waals surface area contributed by atoms with Crippen LogP contribution in [-0.4, -0.2) is 21.6 Å². The van der Waals surface area contributed by atoms with Gasteiger partial charge in [0.2, 0.25) is 5.91 Å². The standard InChI is InChI=1S/C25H30N2O2S/c28-23(27-24-26-16-17-30-24)22(18-20-6-2-3-7-20)21-10-8-19(9-11-21)12-15-25(29)13-4-1-5-14-25/h8-11,16-17,20,22,29H,1-7,13-14,18H2,(H,26,27,28). The number of nitrogens with one attached hydrogen (secondary N) is 1. The number of carbonyl (C=O) groups is 1. The Bertz CT molecular complexity index is 883. The van der Waals surface area contributed by atoms with Crippen molar-refractivity contribution in [3.05, 3.63) is 47.0 Å². The van der Waals surface area contributed by atoms with Crippen LogP contribution in [0.4, 0.5) is 5.13 Å². The molecule has 1 heterocycles. The van der Waals surface area contributed by atoms with E-state index in [0.717, 1.165) is 43.2 Å². The zero-order valence-corrected chi connectivity index (χ0v) is 18.2. The summed E-state index contributed by atoms with van der Waals surface area (Å²) in [5.41, 5.74) is 1.07. The van der Waals surface area contributed by atoms with Gasteiger partial charge < -0.3 is 10.4 Å². The number of anilines is 1. The Morgan fingerprint density at radius 3 is 2.57 bits per heavy atom. The normalized spacial score (nSPS) is 19.6. The molecular weight excluding hydrogens is 392 g/mol. The third-order valence-electron chi connectivity index (χ3n) is 6.46. The molecule has 2 aromatic rings. The Hall–Kier alpha value is -2.16. The van der Waals surface area contributed by atoms with Crippen LogP contribution in [0, 0.1) is 17.8 Å². The van der Waals surface area contributed by atoms with E-state index in [0.29, 0.717) is 11.0 Å². The maximum absolute atomic E-state index is 13.1. The van der Waals surface area contributed by atoms with E-state index in [-0.39, 0.29) is 11.8 Å². The number of aromatic nitrogens is 1. The van der Waals surface area contributed by atoms with Crippen LogP contribution < -0.4 is 5.32 Å². The Balaban J connectivity index is 1.49. The third kappa shape index (κ3) is 5.50. The van der Waals surface area contributed by atoms with Gasteiger partial charge in [-0.2, -0.15) is 0 Å². The van der Waals surface area contributed by atoms with Crippen LogP contribution in [0.1, 0.15) is 81.3 Å². The van der Waals surface area contributed by atoms with Gasteiger partial charge in [0.15, 0.2) is 5.13 Å². The molecule has 0 bridgehead atoms. The summed E-state index contributed by atoms with van der Waals surface area (Å²) in [5.74, 6) is 6.69. The molecule has 1 unspecified atom stereocenters. The molecule has 1 atom stereocenters. The predicted octanol–water partition coefficient (Wildman–Crippen LogP) is 5.49. The van der Waals surface area contributed by atoms with Gasteiger partial charge in [0, 0.05) is 17.1 Å². The fourth-order valence-corrected chi connectivity index (χ4v) is 5.23. The summed E-state index contributed by atoms with van der Waals surface area (Å²) in [6, 6.07) is 8.01. The molecule has 2 aliphatic carbocycles. The average Bonchev–Trinajstić information content (AvgIpc) is 3.46. The maximum atomic E-state index is 13.1. The van der Waals surface area contributed by atoms with Crippen molar-refractivity contribution in [2.24, 2.45) is 5.92 Å². The molecule has 2 saturated carbocycles. The molecule has 0 aliphatic heterocycles. The summed E-state index contributed by atoms with van der Waals surface area (Å²) in [6.07, 6.45) is 12.3. The van der Waals surface area contributed by atoms with Crippen molar-refractivity contribution in [2.45, 2.75) is 75.7 Å². The number of rotatable bonds is 5. The molecule has 0 saturated heterocycles. The number of nitrogens with zero attached hydrogens (tertiary/aromatic N) is 1. The lowest BCUT2D eigenvalue weighted by molar-refractivity contribution is -0.118. The molecule has 1 aromatic carbocycles. The van der Waals surface area contributed by atoms with E-state index in [1.807, 2.05) is 29.6 Å². The van der Waals surface area contributed by atoms with Gasteiger partial charge in [-0.1, -0.05) is 56.1 Å². The van der Waals surface area contributed by atoms with E-state index >= 15 is 0 Å². The lowest BCUT2D eigenvalue weighted by Crippen LogP contribution is -2.29. The van der Waals surface area contributed by atoms with Crippen molar-refractivity contribution in [2.75, 3.05) is 5.32 Å². The summed E-state index contributed by atoms with van der Waals surface area (Å²) < 4.78 is 0. The summed E-state index contributed by atoms with van der Waals surface area (Å²) in [7, 11) is 0. The third-order valence-corrected chi connectivity index (χ3v) is 7.14. The zero-order chi connectivity index (χ0) is 20.8. The molecule has 0 radical (unpaired) electrons. The first kappa shape index (κ1) is 21.1. The Kier molecular flexibility index (Phi) is 6.86. The van der Waals surface area contributed by atoms with E-state index in [2.05, 4.69) is 22.1 Å². The lowest BCUT2D eigenvalue weighted by Gasteiger charge is -2.26. The van der Waals surface area contributed by atoms with Crippen LogP contribution in [0.5, 0.6) is 0 Å². The van der Waals surface area contributed by atoms with Crippen LogP contribution >= 0.6 is 11.3 Å². The SMILES string of the molecule is O=C(Nc1nccs1)C(CC1CCCC1)c1ccc(C#CC2(O)CCCCC2)cc1. The minimum atomic E-state index is -0.838. The first-order valence-corrected chi connectivity index (χ1v) is 12.1. The summed E-state index contributed by atoms with van der Waals surface area (Å²) >= 11 is 1.44. The molecular formula is C25H30N2O2S. The monoisotopic (exact) mass is 422 g/mol. The Morgan fingerprint density at radius 2 is 1.90 bits per heavy atom. The molecule has 30 heavy (non-hydrogen) atoms. The van der Waals surface area contributed by atoms with Crippen molar-refractivity contribution >= 4 is 22.4 Å². The van der Waals surface area contributed by atoms with Crippen LogP contribution in [0.15, 0.2) is 35.8 Å². The predicted molar refractivity (Wildman–Crippen MR) is 121 cm³/mol. The molecule has 2 fully saturated rings. The number of carbonyl (C=O) groups excluding carboxylic acids is 1. The summed E-state index contributed by atoms with van der Waals surface area (Å²) in [4.78, 5) is 17.3. The molecule has 2 aliphatic rings. The van der Waals surface area contributed by atoms with E-state index in [9.17, 15) is 9.90 Å². The Morgan fingerprint density at radius 1 is 1.17 bits per heavy atom. The molecule has 0 spiro atoms. The molecule has 2 N–H and O–H groups in total. The minimum absolute atomic E-state index is 0.0206. The average molecular weight is 423 g/mol. The van der Waals surface area contributed by atoms with Crippen molar-refractivity contribution < 1.29 is 9.90 Å². The number of amides is 1. The van der Waals surface area contributed by atoms with Crippen LogP contribution in [-0.2, 0) is 4.79 Å². The van der Waals surface area contributed by atoms with Crippen molar-refractivity contribution in [3.63, 3.8) is 0 Å². The highest BCUT2D eigenvalue weighted by Crippen LogP contribution is 2.35. The maximum Gasteiger partial charge on any atom is 0.233 e. The zero-order valence-electron chi connectivity index (χ0n) is 17.4. The highest BCUT2D eigenvalue weighted by molar-refractivity contribution is 7.13. The van der Waals surface area contributed by atoms with Crippen molar-refractivity contribution in [1.29, 1.82) is 0 Å². The number of hydrogen-bond acceptors (Lipinski definition) is 4. The highest BCUT2D eigenvalue weighted by atomic mass is 32.1. The van der Waals surface area contributed by atoms with Crippen LogP contribution in [0.2, 0.25) is 0 Å². The van der Waals surface area contributed by atoms with Gasteiger partial charge in [-0.3, -0.25) is 4.79 Å². The number of hydrogen-bond donors (Lipinski definition) is 2. The molecule has 158 valence electrons. The fraction of sp³-hybridized carbons (Fsp3) is 0.520. The minimum Gasteiger partial charge on any atom is -0.378 e. The molecule has 5 heteroatoms. The fourth-order valence-electron chi connectivity index (χ4n) is 4.70. The lowest BCUT2D eigenvalue weighted by atomic mass is 9.85. The highest BCUT2D eigenvalue weighted by Gasteiger charge is 2.28. The van der Waals surface area contributed by atoms with Gasteiger partial charge in [-0.15, -0.1) is 11.3 Å². The van der Waals surface area contributed by atoms with E-state index < -0.39 is 5.60 Å². The molecule has 1 aromatic heterocycles. The van der Waals surface area contributed by atoms with Crippen LogP contribution in [0.25, 0.3) is 0 Å². The van der Waals surface area contributed by atoms with E-state index in [1.54, 1.807) is 6.20 Å². The first-order chi connectivity index (χ1) is 14.6. The molecule has 1 amide bonds. The quantitative estimate of drug-likeness (QED) is 0.626.